The summed E-state index contributed by atoms with van der Waals surface area (Å²) in [6, 6.07) is 4.91. The maximum absolute atomic E-state index is 12.1. The highest BCUT2D eigenvalue weighted by molar-refractivity contribution is 7.92. The molecule has 0 radical (unpaired) electrons. The molecule has 0 spiro atoms. The van der Waals surface area contributed by atoms with E-state index in [4.69, 9.17) is 5.73 Å². The van der Waals surface area contributed by atoms with Crippen LogP contribution in [-0.4, -0.2) is 50.9 Å². The van der Waals surface area contributed by atoms with Crippen LogP contribution in [0.4, 0.5) is 11.4 Å². The molecule has 1 aromatic rings. The highest BCUT2D eigenvalue weighted by Gasteiger charge is 2.30. The number of hydrogen-bond acceptors (Lipinski definition) is 5. The number of nitrogens with two attached hydrogens (primary N) is 1. The van der Waals surface area contributed by atoms with Gasteiger partial charge in [0.15, 0.2) is 9.84 Å². The first-order chi connectivity index (χ1) is 9.45. The minimum Gasteiger partial charge on any atom is -0.399 e. The van der Waals surface area contributed by atoms with E-state index >= 15 is 0 Å². The molecule has 7 heteroatoms. The zero-order chi connectivity index (χ0) is 16.4. The zero-order valence-corrected chi connectivity index (χ0v) is 13.9. The van der Waals surface area contributed by atoms with E-state index in [1.54, 1.807) is 46.1 Å². The first-order valence-corrected chi connectivity index (χ1v) is 8.39. The number of nitrogen functional groups attached to an aromatic ring is 1. The summed E-state index contributed by atoms with van der Waals surface area (Å²) in [4.78, 5) is 13.6. The SMILES string of the molecule is CN(C)C(=O)c1ccc(N)cc1NCC(C)(C)S(C)(=O)=O. The van der Waals surface area contributed by atoms with Crippen molar-refractivity contribution >= 4 is 27.1 Å². The Kier molecular flexibility index (Phi) is 4.88. The largest absolute Gasteiger partial charge is 0.399 e. The molecule has 1 amide bonds. The number of carbonyl (C=O) groups is 1. The first kappa shape index (κ1) is 17.3. The molecular weight excluding hydrogens is 290 g/mol. The fourth-order valence-corrected chi connectivity index (χ4v) is 1.91. The van der Waals surface area contributed by atoms with E-state index in [1.165, 1.54) is 11.2 Å². The number of anilines is 2. The number of amides is 1. The van der Waals surface area contributed by atoms with Crippen LogP contribution in [0.3, 0.4) is 0 Å². The van der Waals surface area contributed by atoms with Gasteiger partial charge in [-0.25, -0.2) is 8.42 Å². The molecular formula is C14H23N3O3S. The normalized spacial score (nSPS) is 12.0. The number of benzene rings is 1. The van der Waals surface area contributed by atoms with Gasteiger partial charge in [0.2, 0.25) is 0 Å². The number of nitrogens with one attached hydrogen (secondary N) is 1. The van der Waals surface area contributed by atoms with E-state index in [2.05, 4.69) is 5.32 Å². The average Bonchev–Trinajstić information content (AvgIpc) is 2.34. The molecule has 0 heterocycles. The summed E-state index contributed by atoms with van der Waals surface area (Å²) >= 11 is 0. The number of hydrogen-bond donors (Lipinski definition) is 2. The van der Waals surface area contributed by atoms with Gasteiger partial charge in [-0.3, -0.25) is 4.79 Å². The lowest BCUT2D eigenvalue weighted by atomic mass is 10.1. The van der Waals surface area contributed by atoms with Gasteiger partial charge in [0.25, 0.3) is 5.91 Å². The van der Waals surface area contributed by atoms with E-state index < -0.39 is 14.6 Å². The summed E-state index contributed by atoms with van der Waals surface area (Å²) in [7, 11) is 0.0902. The minimum atomic E-state index is -3.22. The van der Waals surface area contributed by atoms with Gasteiger partial charge < -0.3 is 16.0 Å². The maximum Gasteiger partial charge on any atom is 0.255 e. The van der Waals surface area contributed by atoms with Crippen molar-refractivity contribution in [3.8, 4) is 0 Å². The predicted molar refractivity (Wildman–Crippen MR) is 86.3 cm³/mol. The second-order valence-electron chi connectivity index (χ2n) is 5.89. The molecule has 0 bridgehead atoms. The van der Waals surface area contributed by atoms with E-state index in [-0.39, 0.29) is 12.5 Å². The summed E-state index contributed by atoms with van der Waals surface area (Å²) in [5, 5.41) is 3.03. The number of nitrogens with zero attached hydrogens (tertiary/aromatic N) is 1. The molecule has 118 valence electrons. The van der Waals surface area contributed by atoms with Gasteiger partial charge in [-0.05, 0) is 32.0 Å². The summed E-state index contributed by atoms with van der Waals surface area (Å²) in [5.41, 5.74) is 7.24. The second-order valence-corrected chi connectivity index (χ2v) is 8.54. The molecule has 0 saturated heterocycles. The first-order valence-electron chi connectivity index (χ1n) is 6.50. The molecule has 1 rings (SSSR count). The summed E-state index contributed by atoms with van der Waals surface area (Å²) < 4.78 is 22.5. The Morgan fingerprint density at radius 2 is 1.90 bits per heavy atom. The van der Waals surface area contributed by atoms with Crippen LogP contribution in [0.1, 0.15) is 24.2 Å². The van der Waals surface area contributed by atoms with E-state index in [9.17, 15) is 13.2 Å². The van der Waals surface area contributed by atoms with Crippen LogP contribution >= 0.6 is 0 Å². The zero-order valence-electron chi connectivity index (χ0n) is 13.1. The average molecular weight is 313 g/mol. The van der Waals surface area contributed by atoms with Crippen LogP contribution in [0, 0.1) is 0 Å². The Balaban J connectivity index is 3.09. The Morgan fingerprint density at radius 3 is 2.38 bits per heavy atom. The van der Waals surface area contributed by atoms with Gasteiger partial charge in [-0.2, -0.15) is 0 Å². The van der Waals surface area contributed by atoms with Crippen LogP contribution in [0.2, 0.25) is 0 Å². The highest BCUT2D eigenvalue weighted by Crippen LogP contribution is 2.23. The molecule has 0 saturated carbocycles. The van der Waals surface area contributed by atoms with Crippen LogP contribution < -0.4 is 11.1 Å². The second kappa shape index (κ2) is 5.93. The Morgan fingerprint density at radius 1 is 1.33 bits per heavy atom. The molecule has 3 N–H and O–H groups in total. The summed E-state index contributed by atoms with van der Waals surface area (Å²) in [6.45, 7) is 3.45. The monoisotopic (exact) mass is 313 g/mol. The van der Waals surface area contributed by atoms with Crippen molar-refractivity contribution in [2.75, 3.05) is 37.9 Å². The van der Waals surface area contributed by atoms with Crippen molar-refractivity contribution < 1.29 is 13.2 Å². The van der Waals surface area contributed by atoms with Crippen LogP contribution in [-0.2, 0) is 9.84 Å². The van der Waals surface area contributed by atoms with Gasteiger partial charge in [-0.15, -0.1) is 0 Å². The molecule has 6 nitrogen and oxygen atoms in total. The van der Waals surface area contributed by atoms with Gasteiger partial charge in [0, 0.05) is 38.3 Å². The van der Waals surface area contributed by atoms with Crippen LogP contribution in [0.5, 0.6) is 0 Å². The third-order valence-electron chi connectivity index (χ3n) is 3.39. The molecule has 0 aliphatic heterocycles. The molecule has 0 aromatic heterocycles. The molecule has 21 heavy (non-hydrogen) atoms. The van der Waals surface area contributed by atoms with E-state index in [0.29, 0.717) is 16.9 Å². The fourth-order valence-electron chi connectivity index (χ4n) is 1.57. The van der Waals surface area contributed by atoms with E-state index in [1.807, 2.05) is 0 Å². The van der Waals surface area contributed by atoms with Gasteiger partial charge in [0.1, 0.15) is 0 Å². The van der Waals surface area contributed by atoms with Crippen molar-refractivity contribution in [1.29, 1.82) is 0 Å². The van der Waals surface area contributed by atoms with Crippen molar-refractivity contribution in [1.82, 2.24) is 4.90 Å². The standard InChI is InChI=1S/C14H23N3O3S/c1-14(2,21(5,19)20)9-16-12-8-10(15)6-7-11(12)13(18)17(3)4/h6-8,16H,9,15H2,1-5H3. The van der Waals surface area contributed by atoms with Crippen LogP contribution in [0.15, 0.2) is 18.2 Å². The van der Waals surface area contributed by atoms with Crippen LogP contribution in [0.25, 0.3) is 0 Å². The molecule has 0 unspecified atom stereocenters. The third-order valence-corrected chi connectivity index (χ3v) is 5.54. The lowest BCUT2D eigenvalue weighted by Gasteiger charge is -2.24. The molecule has 1 aromatic carbocycles. The fraction of sp³-hybridized carbons (Fsp3) is 0.500. The summed E-state index contributed by atoms with van der Waals surface area (Å²) in [6.07, 6.45) is 1.19. The highest BCUT2D eigenvalue weighted by atomic mass is 32.2. The lowest BCUT2D eigenvalue weighted by molar-refractivity contribution is 0.0828. The maximum atomic E-state index is 12.1. The Bertz CT molecular complexity index is 637. The van der Waals surface area contributed by atoms with Crippen molar-refractivity contribution in [2.45, 2.75) is 18.6 Å². The number of carbonyl (C=O) groups excluding carboxylic acids is 1. The molecule has 0 aliphatic carbocycles. The predicted octanol–water partition coefficient (Wildman–Crippen LogP) is 1.21. The van der Waals surface area contributed by atoms with Crippen molar-refractivity contribution in [2.24, 2.45) is 0 Å². The van der Waals surface area contributed by atoms with Gasteiger partial charge >= 0.3 is 0 Å². The minimum absolute atomic E-state index is 0.172. The molecule has 0 fully saturated rings. The smallest absolute Gasteiger partial charge is 0.255 e. The Hall–Kier alpha value is -1.76. The van der Waals surface area contributed by atoms with E-state index in [0.717, 1.165) is 0 Å². The lowest BCUT2D eigenvalue weighted by Crippen LogP contribution is -2.38. The number of sulfone groups is 1. The quantitative estimate of drug-likeness (QED) is 0.797. The molecule has 0 aliphatic rings. The van der Waals surface area contributed by atoms with Crippen molar-refractivity contribution in [3.63, 3.8) is 0 Å². The third kappa shape index (κ3) is 4.10. The van der Waals surface area contributed by atoms with Gasteiger partial charge in [0.05, 0.1) is 10.3 Å². The molecule has 0 atom stereocenters. The van der Waals surface area contributed by atoms with Gasteiger partial charge in [-0.1, -0.05) is 0 Å². The topological polar surface area (TPSA) is 92.5 Å². The Labute approximate surface area is 126 Å². The number of rotatable bonds is 5. The summed E-state index contributed by atoms with van der Waals surface area (Å²) in [5.74, 6) is -0.172. The van der Waals surface area contributed by atoms with Crippen molar-refractivity contribution in [3.05, 3.63) is 23.8 Å².